The number of alkyl carbamates (subject to hydrolysis) is 1. The Morgan fingerprint density at radius 3 is 2.27 bits per heavy atom. The van der Waals surface area contributed by atoms with E-state index in [4.69, 9.17) is 9.47 Å². The third kappa shape index (κ3) is 9.05. The molecule has 1 saturated carbocycles. The number of hydrogen-bond donors (Lipinski definition) is 4. The Balaban J connectivity index is 1.09. The van der Waals surface area contributed by atoms with E-state index in [2.05, 4.69) is 28.1 Å². The highest BCUT2D eigenvalue weighted by molar-refractivity contribution is 5.87. The number of allylic oxidation sites excluding steroid dienone is 2. The number of aliphatic hydroxyl groups is 1. The van der Waals surface area contributed by atoms with Gasteiger partial charge in [-0.1, -0.05) is 104 Å². The van der Waals surface area contributed by atoms with Crippen LogP contribution in [0.2, 0.25) is 0 Å². The second-order valence-electron chi connectivity index (χ2n) is 13.9. The van der Waals surface area contributed by atoms with Gasteiger partial charge >= 0.3 is 12.1 Å². The van der Waals surface area contributed by atoms with Crippen molar-refractivity contribution in [2.75, 3.05) is 19.8 Å². The molecule has 0 unspecified atom stereocenters. The number of nitrogens with one attached hydrogen (secondary N) is 3. The van der Waals surface area contributed by atoms with Gasteiger partial charge in [-0.3, -0.25) is 9.59 Å². The monoisotopic (exact) mass is 693 g/mol. The summed E-state index contributed by atoms with van der Waals surface area (Å²) in [5.41, 5.74) is 4.68. The molecule has 1 spiro atoms. The number of carbonyl (C=O) groups is 4. The van der Waals surface area contributed by atoms with Gasteiger partial charge in [-0.15, -0.1) is 0 Å². The van der Waals surface area contributed by atoms with Gasteiger partial charge in [0.05, 0.1) is 24.1 Å². The number of ether oxygens (including phenoxy) is 2. The van der Waals surface area contributed by atoms with Crippen LogP contribution >= 0.6 is 0 Å². The van der Waals surface area contributed by atoms with Crippen molar-refractivity contribution in [1.29, 1.82) is 0 Å². The van der Waals surface area contributed by atoms with Crippen molar-refractivity contribution in [3.63, 3.8) is 0 Å². The Morgan fingerprint density at radius 2 is 1.59 bits per heavy atom. The Labute approximate surface area is 299 Å². The lowest BCUT2D eigenvalue weighted by molar-refractivity contribution is -0.149. The van der Waals surface area contributed by atoms with Crippen LogP contribution in [0.1, 0.15) is 74.0 Å². The zero-order chi connectivity index (χ0) is 35.6. The Bertz CT molecular complexity index is 1670. The molecular formula is C41H47N3O7. The molecule has 51 heavy (non-hydrogen) atoms. The third-order valence-electron chi connectivity index (χ3n) is 10.3. The topological polar surface area (TPSA) is 143 Å². The minimum absolute atomic E-state index is 0.0313. The van der Waals surface area contributed by atoms with E-state index in [1.807, 2.05) is 78.9 Å². The molecule has 3 atom stereocenters. The molecule has 0 radical (unpaired) electrons. The molecule has 10 nitrogen and oxygen atoms in total. The number of fused-ring (bicyclic) bond motifs is 3. The summed E-state index contributed by atoms with van der Waals surface area (Å²) in [7, 11) is 0. The van der Waals surface area contributed by atoms with E-state index in [9.17, 15) is 24.3 Å². The first-order chi connectivity index (χ1) is 24.8. The molecule has 0 bridgehead atoms. The zero-order valence-corrected chi connectivity index (χ0v) is 28.9. The third-order valence-corrected chi connectivity index (χ3v) is 10.3. The molecule has 6 rings (SSSR count). The number of benzene rings is 3. The predicted molar refractivity (Wildman–Crippen MR) is 193 cm³/mol. The summed E-state index contributed by atoms with van der Waals surface area (Å²) in [6, 6.07) is 24.4. The maximum absolute atomic E-state index is 13.7. The largest absolute Gasteiger partial charge is 0.462 e. The van der Waals surface area contributed by atoms with Gasteiger partial charge in [-0.25, -0.2) is 9.59 Å². The molecule has 3 aliphatic rings. The summed E-state index contributed by atoms with van der Waals surface area (Å²) in [6.07, 6.45) is 7.44. The highest BCUT2D eigenvalue weighted by atomic mass is 16.6. The average Bonchev–Trinajstić information content (AvgIpc) is 3.74. The van der Waals surface area contributed by atoms with Crippen LogP contribution in [0, 0.1) is 5.92 Å². The fourth-order valence-electron chi connectivity index (χ4n) is 7.56. The highest BCUT2D eigenvalue weighted by Crippen LogP contribution is 2.44. The maximum atomic E-state index is 13.7. The van der Waals surface area contributed by atoms with Crippen LogP contribution in [-0.4, -0.2) is 66.4 Å². The fraction of sp³-hybridized carbons (Fsp3) is 0.415. The molecule has 1 heterocycles. The second-order valence-corrected chi connectivity index (χ2v) is 13.9. The van der Waals surface area contributed by atoms with Crippen molar-refractivity contribution < 1.29 is 33.8 Å². The van der Waals surface area contributed by atoms with E-state index in [0.717, 1.165) is 40.7 Å². The molecule has 1 aliphatic heterocycles. The lowest BCUT2D eigenvalue weighted by Gasteiger charge is -2.32. The maximum Gasteiger partial charge on any atom is 0.407 e. The van der Waals surface area contributed by atoms with Crippen LogP contribution in [0.25, 0.3) is 11.1 Å². The molecule has 268 valence electrons. The fourth-order valence-corrected chi connectivity index (χ4v) is 7.56. The lowest BCUT2D eigenvalue weighted by atomic mass is 9.94. The van der Waals surface area contributed by atoms with Crippen molar-refractivity contribution in [1.82, 2.24) is 16.0 Å². The van der Waals surface area contributed by atoms with Gasteiger partial charge in [0.2, 0.25) is 11.8 Å². The van der Waals surface area contributed by atoms with Gasteiger partial charge in [-0.05, 0) is 66.3 Å². The Hall–Kier alpha value is -4.96. The number of esters is 1. The number of aliphatic hydroxyl groups excluding tert-OH is 1. The minimum Gasteiger partial charge on any atom is -0.462 e. The van der Waals surface area contributed by atoms with Crippen molar-refractivity contribution in [3.05, 3.63) is 108 Å². The lowest BCUT2D eigenvalue weighted by Crippen LogP contribution is -2.53. The van der Waals surface area contributed by atoms with Crippen LogP contribution in [-0.2, 0) is 30.3 Å². The van der Waals surface area contributed by atoms with Gasteiger partial charge in [0.15, 0.2) is 0 Å². The number of hydrogen-bond acceptors (Lipinski definition) is 7. The number of rotatable bonds is 9. The van der Waals surface area contributed by atoms with Gasteiger partial charge in [0.25, 0.3) is 0 Å². The first-order valence-electron chi connectivity index (χ1n) is 18.0. The van der Waals surface area contributed by atoms with E-state index < -0.39 is 35.6 Å². The Morgan fingerprint density at radius 1 is 0.922 bits per heavy atom. The quantitative estimate of drug-likeness (QED) is 0.175. The van der Waals surface area contributed by atoms with E-state index in [-0.39, 0.29) is 50.4 Å². The summed E-state index contributed by atoms with van der Waals surface area (Å²) in [6.45, 7) is -0.134. The molecule has 1 fully saturated rings. The molecule has 3 aromatic carbocycles. The van der Waals surface area contributed by atoms with Crippen molar-refractivity contribution in [3.8, 4) is 11.1 Å². The molecule has 3 aromatic rings. The summed E-state index contributed by atoms with van der Waals surface area (Å²) in [4.78, 5) is 53.4. The van der Waals surface area contributed by atoms with E-state index in [0.29, 0.717) is 32.1 Å². The van der Waals surface area contributed by atoms with Crippen LogP contribution in [0.5, 0.6) is 0 Å². The molecule has 0 aromatic heterocycles. The van der Waals surface area contributed by atoms with Crippen LogP contribution in [0.15, 0.2) is 91.0 Å². The van der Waals surface area contributed by atoms with Crippen LogP contribution in [0.3, 0.4) is 0 Å². The Kier molecular flexibility index (Phi) is 11.8. The van der Waals surface area contributed by atoms with Gasteiger partial charge in [-0.2, -0.15) is 0 Å². The van der Waals surface area contributed by atoms with E-state index in [1.165, 1.54) is 0 Å². The zero-order valence-electron chi connectivity index (χ0n) is 28.9. The van der Waals surface area contributed by atoms with Crippen molar-refractivity contribution >= 4 is 23.9 Å². The summed E-state index contributed by atoms with van der Waals surface area (Å²) < 4.78 is 11.5. The summed E-state index contributed by atoms with van der Waals surface area (Å²) in [5.74, 6) is -1.94. The van der Waals surface area contributed by atoms with Crippen LogP contribution in [0.4, 0.5) is 4.79 Å². The minimum atomic E-state index is -0.943. The molecule has 0 saturated heterocycles. The first-order valence-corrected chi connectivity index (χ1v) is 18.0. The number of amides is 3. The molecule has 3 amide bonds. The smallest absolute Gasteiger partial charge is 0.407 e. The van der Waals surface area contributed by atoms with Gasteiger partial charge in [0, 0.05) is 12.3 Å². The normalized spacial score (nSPS) is 20.8. The predicted octanol–water partition coefficient (Wildman–Crippen LogP) is 5.33. The number of cyclic esters (lactones) is 1. The van der Waals surface area contributed by atoms with Gasteiger partial charge in [0.1, 0.15) is 19.3 Å². The summed E-state index contributed by atoms with van der Waals surface area (Å²) >= 11 is 0. The summed E-state index contributed by atoms with van der Waals surface area (Å²) in [5, 5.41) is 18.7. The van der Waals surface area contributed by atoms with Crippen molar-refractivity contribution in [2.24, 2.45) is 5.92 Å². The van der Waals surface area contributed by atoms with E-state index >= 15 is 0 Å². The highest BCUT2D eigenvalue weighted by Gasteiger charge is 2.39. The molecule has 10 heteroatoms. The molecule has 4 N–H and O–H groups in total. The standard InChI is InChI=1S/C41H47N3O7/c45-25-30(23-28-13-3-1-4-14-28)42-37(46)24-29-15-5-2-6-20-36(39(48)51-27-41(44-38(29)47)21-11-12-22-41)43-40(49)50-26-35-33-18-9-7-16-31(33)32-17-8-10-19-34(32)35/h1-5,7-10,13-14,16-19,29-30,35-36,45H,6,11-12,15,20-27H2,(H,42,46)(H,43,49)(H,44,47)/t29-,30+,36+/m1/s1. The van der Waals surface area contributed by atoms with Crippen molar-refractivity contribution in [2.45, 2.75) is 81.3 Å². The second kappa shape index (κ2) is 16.8. The number of carbonyl (C=O) groups excluding carboxylic acids is 4. The average molecular weight is 694 g/mol. The van der Waals surface area contributed by atoms with Crippen LogP contribution < -0.4 is 16.0 Å². The van der Waals surface area contributed by atoms with Gasteiger partial charge < -0.3 is 30.5 Å². The first kappa shape index (κ1) is 35.9. The van der Waals surface area contributed by atoms with E-state index in [1.54, 1.807) is 0 Å². The molecule has 2 aliphatic carbocycles. The molecular weight excluding hydrogens is 646 g/mol. The SMILES string of the molecule is O=C(C[C@H]1CC=CCC[C@H](NC(=O)OCC2c3ccccc3-c3ccccc32)C(=O)OCC2(CCCC2)NC1=O)N[C@H](CO)Cc1ccccc1.